The number of aromatic nitrogens is 2. The van der Waals surface area contributed by atoms with Crippen LogP contribution in [-0.4, -0.2) is 10.2 Å². The number of nitrogens with zero attached hydrogens (tertiary/aromatic N) is 2. The van der Waals surface area contributed by atoms with Gasteiger partial charge < -0.3 is 0 Å². The Morgan fingerprint density at radius 3 is 2.67 bits per heavy atom. The van der Waals surface area contributed by atoms with Gasteiger partial charge in [-0.15, -0.1) is 10.2 Å². The molecule has 0 bridgehead atoms. The minimum atomic E-state index is 0.495. The Kier molecular flexibility index (Phi) is 3.11. The van der Waals surface area contributed by atoms with Crippen LogP contribution in [-0.2, 0) is 0 Å². The summed E-state index contributed by atoms with van der Waals surface area (Å²) in [5.41, 5.74) is 2.13. The molecule has 0 spiro atoms. The van der Waals surface area contributed by atoms with Gasteiger partial charge in [-0.1, -0.05) is 37.6 Å². The van der Waals surface area contributed by atoms with E-state index in [0.717, 1.165) is 14.6 Å². The predicted octanol–water partition coefficient (Wildman–Crippen LogP) is 4.01. The minimum absolute atomic E-state index is 0.495. The summed E-state index contributed by atoms with van der Waals surface area (Å²) < 4.78 is 0.749. The van der Waals surface area contributed by atoms with Gasteiger partial charge in [-0.3, -0.25) is 0 Å². The average Bonchev–Trinajstić information content (AvgIpc) is 2.23. The molecule has 2 nitrogen and oxygen atoms in total. The number of rotatable bonds is 1. The molecule has 1 aromatic carbocycles. The predicted molar refractivity (Wildman–Crippen MR) is 71.4 cm³/mol. The molecule has 0 radical (unpaired) electrons. The first-order chi connectivity index (χ1) is 7.09. The lowest BCUT2D eigenvalue weighted by Gasteiger charge is -2.07. The van der Waals surface area contributed by atoms with Gasteiger partial charge in [-0.2, -0.15) is 0 Å². The Balaban J connectivity index is 2.70. The van der Waals surface area contributed by atoms with Crippen LogP contribution in [0.5, 0.6) is 0 Å². The molecule has 4 heteroatoms. The number of benzene rings is 1. The van der Waals surface area contributed by atoms with Crippen molar-refractivity contribution in [1.82, 2.24) is 10.2 Å². The molecule has 1 heterocycles. The van der Waals surface area contributed by atoms with E-state index in [1.54, 1.807) is 0 Å². The smallest absolute Gasteiger partial charge is 0.143 e. The molecule has 0 N–H and O–H groups in total. The molecular formula is C11H10ClIN2. The fourth-order valence-corrected chi connectivity index (χ4v) is 2.02. The topological polar surface area (TPSA) is 25.8 Å². The third-order valence-corrected chi connectivity index (χ3v) is 3.81. The summed E-state index contributed by atoms with van der Waals surface area (Å²) in [6.45, 7) is 4.31. The zero-order valence-corrected chi connectivity index (χ0v) is 11.4. The minimum Gasteiger partial charge on any atom is -0.149 e. The van der Waals surface area contributed by atoms with Gasteiger partial charge in [0.1, 0.15) is 3.70 Å². The first-order valence-electron chi connectivity index (χ1n) is 4.71. The zero-order valence-electron chi connectivity index (χ0n) is 8.46. The summed E-state index contributed by atoms with van der Waals surface area (Å²) in [5.74, 6) is 0.495. The van der Waals surface area contributed by atoms with Gasteiger partial charge in [0.2, 0.25) is 0 Å². The monoisotopic (exact) mass is 332 g/mol. The molecule has 2 aromatic rings. The Labute approximate surface area is 107 Å². The van der Waals surface area contributed by atoms with E-state index < -0.39 is 0 Å². The number of hydrogen-bond donors (Lipinski definition) is 0. The highest BCUT2D eigenvalue weighted by atomic mass is 127. The van der Waals surface area contributed by atoms with E-state index in [2.05, 4.69) is 58.8 Å². The second-order valence-corrected chi connectivity index (χ2v) is 5.14. The van der Waals surface area contributed by atoms with Gasteiger partial charge in [-0.25, -0.2) is 0 Å². The average molecular weight is 333 g/mol. The van der Waals surface area contributed by atoms with Crippen LogP contribution in [0.1, 0.15) is 25.3 Å². The van der Waals surface area contributed by atoms with Crippen LogP contribution < -0.4 is 0 Å². The van der Waals surface area contributed by atoms with Gasteiger partial charge in [0.15, 0.2) is 0 Å². The molecule has 1 aromatic heterocycles. The highest BCUT2D eigenvalue weighted by Gasteiger charge is 2.07. The molecule has 0 atom stereocenters. The van der Waals surface area contributed by atoms with Crippen LogP contribution in [0.15, 0.2) is 18.2 Å². The lowest BCUT2D eigenvalue weighted by molar-refractivity contribution is 0.867. The molecule has 0 amide bonds. The molecule has 0 unspecified atom stereocenters. The fraction of sp³-hybridized carbons (Fsp3) is 0.273. The van der Waals surface area contributed by atoms with E-state index in [9.17, 15) is 0 Å². The van der Waals surface area contributed by atoms with Crippen LogP contribution >= 0.6 is 34.2 Å². The molecule has 0 aliphatic carbocycles. The van der Waals surface area contributed by atoms with Gasteiger partial charge in [0.05, 0.1) is 10.5 Å². The van der Waals surface area contributed by atoms with Crippen molar-refractivity contribution in [1.29, 1.82) is 0 Å². The van der Waals surface area contributed by atoms with Crippen molar-refractivity contribution < 1.29 is 0 Å². The maximum Gasteiger partial charge on any atom is 0.143 e. The summed E-state index contributed by atoms with van der Waals surface area (Å²) in [7, 11) is 0. The first-order valence-corrected chi connectivity index (χ1v) is 6.16. The number of halogens is 2. The van der Waals surface area contributed by atoms with Crippen molar-refractivity contribution >= 4 is 45.1 Å². The molecule has 0 saturated carbocycles. The van der Waals surface area contributed by atoms with Crippen LogP contribution in [0.25, 0.3) is 10.9 Å². The molecule has 15 heavy (non-hydrogen) atoms. The van der Waals surface area contributed by atoms with E-state index >= 15 is 0 Å². The van der Waals surface area contributed by atoms with Crippen molar-refractivity contribution in [2.45, 2.75) is 19.8 Å². The summed E-state index contributed by atoms with van der Waals surface area (Å²) in [4.78, 5) is 0. The summed E-state index contributed by atoms with van der Waals surface area (Å²) in [5, 5.41) is 9.82. The molecule has 0 aliphatic heterocycles. The highest BCUT2D eigenvalue weighted by Crippen LogP contribution is 2.27. The summed E-state index contributed by atoms with van der Waals surface area (Å²) in [6.07, 6.45) is 0. The van der Waals surface area contributed by atoms with Crippen LogP contribution in [0.2, 0.25) is 5.02 Å². The van der Waals surface area contributed by atoms with Gasteiger partial charge in [-0.05, 0) is 40.1 Å². The third-order valence-electron chi connectivity index (χ3n) is 2.35. The van der Waals surface area contributed by atoms with Crippen LogP contribution in [0.3, 0.4) is 0 Å². The summed E-state index contributed by atoms with van der Waals surface area (Å²) in [6, 6.07) is 6.16. The van der Waals surface area contributed by atoms with Gasteiger partial charge in [0.25, 0.3) is 0 Å². The molecule has 0 saturated heterocycles. The second-order valence-electron chi connectivity index (χ2n) is 3.74. The fourth-order valence-electron chi connectivity index (χ4n) is 1.43. The Bertz CT molecular complexity index is 511. The number of hydrogen-bond acceptors (Lipinski definition) is 2. The lowest BCUT2D eigenvalue weighted by atomic mass is 10.0. The first kappa shape index (κ1) is 11.1. The van der Waals surface area contributed by atoms with Crippen molar-refractivity contribution in [2.24, 2.45) is 0 Å². The van der Waals surface area contributed by atoms with E-state index in [0.29, 0.717) is 10.9 Å². The molecular weight excluding hydrogens is 322 g/mol. The van der Waals surface area contributed by atoms with Crippen LogP contribution in [0, 0.1) is 3.70 Å². The molecule has 2 rings (SSSR count). The van der Waals surface area contributed by atoms with E-state index in [4.69, 9.17) is 11.6 Å². The van der Waals surface area contributed by atoms with Crippen molar-refractivity contribution in [3.8, 4) is 0 Å². The zero-order chi connectivity index (χ0) is 11.0. The highest BCUT2D eigenvalue weighted by molar-refractivity contribution is 14.1. The number of fused-ring (bicyclic) bond motifs is 1. The normalized spacial score (nSPS) is 11.3. The Morgan fingerprint density at radius 2 is 2.00 bits per heavy atom. The maximum atomic E-state index is 6.15. The van der Waals surface area contributed by atoms with E-state index in [-0.39, 0.29) is 0 Å². The van der Waals surface area contributed by atoms with Crippen molar-refractivity contribution in [3.63, 3.8) is 0 Å². The lowest BCUT2D eigenvalue weighted by Crippen LogP contribution is -1.93. The van der Waals surface area contributed by atoms with Crippen molar-refractivity contribution in [2.75, 3.05) is 0 Å². The maximum absolute atomic E-state index is 6.15. The third kappa shape index (κ3) is 2.08. The molecule has 78 valence electrons. The van der Waals surface area contributed by atoms with Gasteiger partial charge in [0, 0.05) is 5.39 Å². The molecule has 0 fully saturated rings. The van der Waals surface area contributed by atoms with E-state index in [1.165, 1.54) is 5.56 Å². The van der Waals surface area contributed by atoms with Crippen LogP contribution in [0.4, 0.5) is 0 Å². The Morgan fingerprint density at radius 1 is 1.27 bits per heavy atom. The van der Waals surface area contributed by atoms with Gasteiger partial charge >= 0.3 is 0 Å². The largest absolute Gasteiger partial charge is 0.149 e. The SMILES string of the molecule is CC(C)c1ccc2c(Cl)c(I)nnc2c1. The second kappa shape index (κ2) is 4.22. The van der Waals surface area contributed by atoms with E-state index in [1.807, 2.05) is 6.07 Å². The standard InChI is InChI=1S/C11H10ClIN2/c1-6(2)7-3-4-8-9(5-7)14-15-11(13)10(8)12/h3-6H,1-2H3. The summed E-state index contributed by atoms with van der Waals surface area (Å²) >= 11 is 8.24. The molecule has 0 aliphatic rings. The van der Waals surface area contributed by atoms with Crippen molar-refractivity contribution in [3.05, 3.63) is 32.5 Å². The Hall–Kier alpha value is -0.420. The quantitative estimate of drug-likeness (QED) is 0.737.